The van der Waals surface area contributed by atoms with Crippen molar-refractivity contribution < 1.29 is 4.79 Å². The number of carbonyl (C=O) groups excluding carboxylic acids is 1. The number of carbonyl (C=O) groups is 1. The fourth-order valence-corrected chi connectivity index (χ4v) is 1.19. The molecule has 0 aromatic rings. The molecule has 0 aromatic carbocycles. The van der Waals surface area contributed by atoms with Crippen molar-refractivity contribution in [1.29, 1.82) is 0 Å². The minimum absolute atomic E-state index is 0.0738. The topological polar surface area (TPSA) is 58.4 Å². The molecule has 3 N–H and O–H groups in total. The van der Waals surface area contributed by atoms with Crippen molar-refractivity contribution in [1.82, 2.24) is 10.2 Å². The lowest BCUT2D eigenvalue weighted by Gasteiger charge is -2.23. The molecule has 1 amide bonds. The molecule has 4 nitrogen and oxygen atoms in total. The van der Waals surface area contributed by atoms with Gasteiger partial charge in [-0.3, -0.25) is 9.69 Å². The summed E-state index contributed by atoms with van der Waals surface area (Å²) in [4.78, 5) is 13.7. The van der Waals surface area contributed by atoms with E-state index >= 15 is 0 Å². The summed E-state index contributed by atoms with van der Waals surface area (Å²) < 4.78 is 0. The van der Waals surface area contributed by atoms with Crippen LogP contribution in [-0.4, -0.2) is 43.5 Å². The van der Waals surface area contributed by atoms with E-state index in [4.69, 9.17) is 5.73 Å². The normalized spacial score (nSPS) is 13.3. The van der Waals surface area contributed by atoms with Crippen LogP contribution in [0, 0.1) is 5.92 Å². The minimum atomic E-state index is -0.0738. The number of nitrogens with zero attached hydrogens (tertiary/aromatic N) is 1. The van der Waals surface area contributed by atoms with Gasteiger partial charge in [-0.15, -0.1) is 0 Å². The molecule has 0 bridgehead atoms. The Balaban J connectivity index is 3.85. The number of nitrogens with one attached hydrogen (secondary N) is 1. The highest BCUT2D eigenvalue weighted by atomic mass is 16.2. The van der Waals surface area contributed by atoms with Gasteiger partial charge in [-0.25, -0.2) is 0 Å². The maximum atomic E-state index is 11.7. The van der Waals surface area contributed by atoms with Gasteiger partial charge in [-0.2, -0.15) is 0 Å². The van der Waals surface area contributed by atoms with Crippen molar-refractivity contribution in [3.63, 3.8) is 0 Å². The molecule has 0 aliphatic carbocycles. The van der Waals surface area contributed by atoms with Crippen LogP contribution in [0.5, 0.6) is 0 Å². The Morgan fingerprint density at radius 2 is 2.00 bits per heavy atom. The summed E-state index contributed by atoms with van der Waals surface area (Å²) in [5.41, 5.74) is 5.42. The molecule has 0 heterocycles. The summed E-state index contributed by atoms with van der Waals surface area (Å²) >= 11 is 0. The Bertz CT molecular complexity index is 183. The fourth-order valence-electron chi connectivity index (χ4n) is 1.19. The van der Waals surface area contributed by atoms with E-state index in [1.807, 2.05) is 18.9 Å². The first kappa shape index (κ1) is 14.4. The van der Waals surface area contributed by atoms with Gasteiger partial charge in [-0.1, -0.05) is 13.8 Å². The van der Waals surface area contributed by atoms with Gasteiger partial charge in [0.25, 0.3) is 0 Å². The number of hydrogen-bond donors (Lipinski definition) is 2. The van der Waals surface area contributed by atoms with Crippen LogP contribution in [0.1, 0.15) is 27.2 Å². The smallest absolute Gasteiger partial charge is 0.237 e. The van der Waals surface area contributed by atoms with Crippen LogP contribution in [-0.2, 0) is 4.79 Å². The first-order chi connectivity index (χ1) is 6.99. The van der Waals surface area contributed by atoms with Gasteiger partial charge < -0.3 is 11.1 Å². The first-order valence-electron chi connectivity index (χ1n) is 5.67. The Kier molecular flexibility index (Phi) is 7.34. The van der Waals surface area contributed by atoms with Crippen LogP contribution in [0.15, 0.2) is 0 Å². The number of nitrogens with two attached hydrogens (primary N) is 1. The predicted molar refractivity (Wildman–Crippen MR) is 63.6 cm³/mol. The highest BCUT2D eigenvalue weighted by molar-refractivity contribution is 5.81. The molecular formula is C11H25N3O. The van der Waals surface area contributed by atoms with Crippen molar-refractivity contribution >= 4 is 5.91 Å². The summed E-state index contributed by atoms with van der Waals surface area (Å²) in [6.07, 6.45) is 0.929. The lowest BCUT2D eigenvalue weighted by atomic mass is 10.2. The van der Waals surface area contributed by atoms with Crippen molar-refractivity contribution in [2.24, 2.45) is 11.7 Å². The molecular weight excluding hydrogens is 190 g/mol. The van der Waals surface area contributed by atoms with E-state index in [1.54, 1.807) is 0 Å². The molecule has 15 heavy (non-hydrogen) atoms. The fraction of sp³-hybridized carbons (Fsp3) is 0.909. The largest absolute Gasteiger partial charge is 0.354 e. The quantitative estimate of drug-likeness (QED) is 0.647. The van der Waals surface area contributed by atoms with Crippen molar-refractivity contribution in [3.8, 4) is 0 Å². The van der Waals surface area contributed by atoms with Gasteiger partial charge in [0.2, 0.25) is 5.91 Å². The molecule has 4 heteroatoms. The molecule has 0 spiro atoms. The van der Waals surface area contributed by atoms with Gasteiger partial charge in [0, 0.05) is 6.54 Å². The molecule has 0 saturated heterocycles. The van der Waals surface area contributed by atoms with Gasteiger partial charge in [0.05, 0.1) is 6.04 Å². The van der Waals surface area contributed by atoms with Crippen molar-refractivity contribution in [3.05, 3.63) is 0 Å². The second-order valence-electron chi connectivity index (χ2n) is 4.44. The van der Waals surface area contributed by atoms with Crippen LogP contribution >= 0.6 is 0 Å². The third kappa shape index (κ3) is 6.47. The molecule has 0 aliphatic heterocycles. The SMILES string of the molecule is CC(C)CNC(=O)C(C)N(C)CCCN. The van der Waals surface area contributed by atoms with Crippen LogP contribution in [0.4, 0.5) is 0 Å². The van der Waals surface area contributed by atoms with E-state index in [-0.39, 0.29) is 11.9 Å². The number of amides is 1. The molecule has 1 atom stereocenters. The molecule has 0 aliphatic rings. The summed E-state index contributed by atoms with van der Waals surface area (Å²) in [6, 6.07) is -0.0738. The second-order valence-corrected chi connectivity index (χ2v) is 4.44. The zero-order valence-corrected chi connectivity index (χ0v) is 10.4. The van der Waals surface area contributed by atoms with Crippen LogP contribution in [0.3, 0.4) is 0 Å². The minimum Gasteiger partial charge on any atom is -0.354 e. The molecule has 0 aromatic heterocycles. The van der Waals surface area contributed by atoms with E-state index in [9.17, 15) is 4.79 Å². The Morgan fingerprint density at radius 1 is 1.40 bits per heavy atom. The van der Waals surface area contributed by atoms with Crippen LogP contribution in [0.2, 0.25) is 0 Å². The maximum absolute atomic E-state index is 11.7. The predicted octanol–water partition coefficient (Wildman–Crippen LogP) is 0.428. The summed E-state index contributed by atoms with van der Waals surface area (Å²) in [7, 11) is 1.95. The lowest BCUT2D eigenvalue weighted by Crippen LogP contribution is -2.44. The third-order valence-electron chi connectivity index (χ3n) is 2.44. The van der Waals surface area contributed by atoms with E-state index in [2.05, 4.69) is 19.2 Å². The highest BCUT2D eigenvalue weighted by Gasteiger charge is 2.16. The van der Waals surface area contributed by atoms with Crippen LogP contribution in [0.25, 0.3) is 0 Å². The lowest BCUT2D eigenvalue weighted by molar-refractivity contribution is -0.125. The van der Waals surface area contributed by atoms with Gasteiger partial charge in [-0.05, 0) is 39.4 Å². The molecule has 90 valence electrons. The standard InChI is InChI=1S/C11H25N3O/c1-9(2)8-13-11(15)10(3)14(4)7-5-6-12/h9-10H,5-8,12H2,1-4H3,(H,13,15). The Labute approximate surface area is 93.2 Å². The van der Waals surface area contributed by atoms with E-state index < -0.39 is 0 Å². The molecule has 0 rings (SSSR count). The van der Waals surface area contributed by atoms with Gasteiger partial charge in [0.1, 0.15) is 0 Å². The first-order valence-corrected chi connectivity index (χ1v) is 5.67. The van der Waals surface area contributed by atoms with Crippen LogP contribution < -0.4 is 11.1 Å². The number of rotatable bonds is 7. The summed E-state index contributed by atoms with van der Waals surface area (Å²) in [6.45, 7) is 8.38. The second kappa shape index (κ2) is 7.65. The van der Waals surface area contributed by atoms with E-state index in [1.165, 1.54) is 0 Å². The number of hydrogen-bond acceptors (Lipinski definition) is 3. The molecule has 0 radical (unpaired) electrons. The molecule has 0 saturated carbocycles. The monoisotopic (exact) mass is 215 g/mol. The Morgan fingerprint density at radius 3 is 2.47 bits per heavy atom. The third-order valence-corrected chi connectivity index (χ3v) is 2.44. The highest BCUT2D eigenvalue weighted by Crippen LogP contribution is 1.97. The Hall–Kier alpha value is -0.610. The maximum Gasteiger partial charge on any atom is 0.237 e. The average Bonchev–Trinajstić information content (AvgIpc) is 2.21. The van der Waals surface area contributed by atoms with E-state index in [0.29, 0.717) is 12.5 Å². The number of likely N-dealkylation sites (N-methyl/N-ethyl adjacent to an activating group) is 1. The van der Waals surface area contributed by atoms with Crippen molar-refractivity contribution in [2.45, 2.75) is 33.2 Å². The zero-order valence-electron chi connectivity index (χ0n) is 10.4. The molecule has 0 fully saturated rings. The molecule has 1 unspecified atom stereocenters. The van der Waals surface area contributed by atoms with Gasteiger partial charge in [0.15, 0.2) is 0 Å². The van der Waals surface area contributed by atoms with Crippen molar-refractivity contribution in [2.75, 3.05) is 26.7 Å². The average molecular weight is 215 g/mol. The van der Waals surface area contributed by atoms with E-state index in [0.717, 1.165) is 19.5 Å². The zero-order chi connectivity index (χ0) is 11.8. The summed E-state index contributed by atoms with van der Waals surface area (Å²) in [5.74, 6) is 0.596. The summed E-state index contributed by atoms with van der Waals surface area (Å²) in [5, 5.41) is 2.93. The van der Waals surface area contributed by atoms with Gasteiger partial charge >= 0.3 is 0 Å².